The smallest absolute Gasteiger partial charge is 0.341 e. The highest BCUT2D eigenvalue weighted by atomic mass is 16.5. The summed E-state index contributed by atoms with van der Waals surface area (Å²) in [5.74, 6) is 1.04. The number of benzene rings is 1. The third-order valence-electron chi connectivity index (χ3n) is 2.88. The Bertz CT molecular complexity index is 602. The third kappa shape index (κ3) is 2.96. The van der Waals surface area contributed by atoms with Gasteiger partial charge in [-0.3, -0.25) is 0 Å². The number of nitrogens with two attached hydrogens (primary N) is 1. The van der Waals surface area contributed by atoms with Crippen molar-refractivity contribution < 1.29 is 9.47 Å². The van der Waals surface area contributed by atoms with E-state index in [-0.39, 0.29) is 6.01 Å². The number of aromatic nitrogens is 3. The molecular formula is C14H18N4O2. The Balaban J connectivity index is 2.32. The number of anilines is 1. The fourth-order valence-electron chi connectivity index (χ4n) is 1.84. The molecule has 0 aliphatic carbocycles. The van der Waals surface area contributed by atoms with Gasteiger partial charge in [-0.1, -0.05) is 18.9 Å². The van der Waals surface area contributed by atoms with E-state index in [0.717, 1.165) is 24.2 Å². The number of hydrogen-bond acceptors (Lipinski definition) is 6. The van der Waals surface area contributed by atoms with Crippen LogP contribution in [0.15, 0.2) is 18.2 Å². The summed E-state index contributed by atoms with van der Waals surface area (Å²) in [7, 11) is 1.56. The highest BCUT2D eigenvalue weighted by Crippen LogP contribution is 2.31. The molecule has 2 rings (SSSR count). The van der Waals surface area contributed by atoms with Crippen molar-refractivity contribution in [3.05, 3.63) is 29.6 Å². The minimum absolute atomic E-state index is 0.197. The second-order valence-electron chi connectivity index (χ2n) is 4.21. The highest BCUT2D eigenvalue weighted by molar-refractivity contribution is 5.52. The third-order valence-corrected chi connectivity index (χ3v) is 2.88. The molecule has 106 valence electrons. The maximum Gasteiger partial charge on any atom is 0.341 e. The van der Waals surface area contributed by atoms with E-state index < -0.39 is 0 Å². The van der Waals surface area contributed by atoms with Crippen LogP contribution in [0.4, 0.5) is 5.69 Å². The van der Waals surface area contributed by atoms with Gasteiger partial charge in [-0.2, -0.15) is 4.98 Å². The van der Waals surface area contributed by atoms with E-state index in [1.807, 2.05) is 13.8 Å². The Morgan fingerprint density at radius 2 is 1.80 bits per heavy atom. The van der Waals surface area contributed by atoms with Crippen LogP contribution in [-0.4, -0.2) is 22.3 Å². The fourth-order valence-corrected chi connectivity index (χ4v) is 1.84. The van der Waals surface area contributed by atoms with Gasteiger partial charge in [0.15, 0.2) is 11.5 Å². The molecular weight excluding hydrogens is 256 g/mol. The van der Waals surface area contributed by atoms with Gasteiger partial charge < -0.3 is 15.2 Å². The molecule has 1 heterocycles. The monoisotopic (exact) mass is 274 g/mol. The first-order chi connectivity index (χ1) is 9.67. The maximum atomic E-state index is 5.75. The summed E-state index contributed by atoms with van der Waals surface area (Å²) in [4.78, 5) is 4.37. The van der Waals surface area contributed by atoms with Crippen molar-refractivity contribution in [3.63, 3.8) is 0 Å². The minimum Gasteiger partial charge on any atom is -0.493 e. The van der Waals surface area contributed by atoms with E-state index in [4.69, 9.17) is 15.2 Å². The summed E-state index contributed by atoms with van der Waals surface area (Å²) >= 11 is 0. The Hall–Kier alpha value is -2.37. The zero-order valence-corrected chi connectivity index (χ0v) is 11.9. The number of methoxy groups -OCH3 is 1. The Morgan fingerprint density at radius 1 is 1.05 bits per heavy atom. The molecule has 0 atom stereocenters. The van der Waals surface area contributed by atoms with Crippen molar-refractivity contribution in [1.29, 1.82) is 0 Å². The van der Waals surface area contributed by atoms with Crippen molar-refractivity contribution >= 4 is 5.69 Å². The lowest BCUT2D eigenvalue weighted by Gasteiger charge is -2.10. The molecule has 1 aromatic carbocycles. The van der Waals surface area contributed by atoms with Crippen LogP contribution >= 0.6 is 0 Å². The molecule has 1 aromatic heterocycles. The van der Waals surface area contributed by atoms with E-state index in [1.54, 1.807) is 25.3 Å². The summed E-state index contributed by atoms with van der Waals surface area (Å²) in [6.07, 6.45) is 1.58. The summed E-state index contributed by atoms with van der Waals surface area (Å²) in [6, 6.07) is 5.34. The first kappa shape index (κ1) is 14.0. The molecule has 6 heteroatoms. The first-order valence-corrected chi connectivity index (χ1v) is 6.51. The van der Waals surface area contributed by atoms with Crippen molar-refractivity contribution in [3.8, 4) is 17.5 Å². The Labute approximate surface area is 118 Å². The molecule has 6 nitrogen and oxygen atoms in total. The number of nitrogens with zero attached hydrogens (tertiary/aromatic N) is 3. The van der Waals surface area contributed by atoms with Gasteiger partial charge in [0.1, 0.15) is 0 Å². The SMILES string of the molecule is CCc1nnc(Oc2cc(N)ccc2OC)nc1CC. The number of rotatable bonds is 5. The van der Waals surface area contributed by atoms with Crippen molar-refractivity contribution in [2.45, 2.75) is 26.7 Å². The minimum atomic E-state index is 0.197. The lowest BCUT2D eigenvalue weighted by molar-refractivity contribution is 0.364. The molecule has 2 aromatic rings. The largest absolute Gasteiger partial charge is 0.493 e. The van der Waals surface area contributed by atoms with Gasteiger partial charge in [-0.15, -0.1) is 5.10 Å². The Morgan fingerprint density at radius 3 is 2.45 bits per heavy atom. The second kappa shape index (κ2) is 6.18. The van der Waals surface area contributed by atoms with E-state index in [1.165, 1.54) is 0 Å². The van der Waals surface area contributed by atoms with E-state index in [9.17, 15) is 0 Å². The van der Waals surface area contributed by atoms with Crippen LogP contribution in [0.2, 0.25) is 0 Å². The van der Waals surface area contributed by atoms with Crippen molar-refractivity contribution in [2.75, 3.05) is 12.8 Å². The summed E-state index contributed by atoms with van der Waals surface area (Å²) < 4.78 is 10.9. The van der Waals surface area contributed by atoms with Gasteiger partial charge >= 0.3 is 6.01 Å². The molecule has 0 unspecified atom stereocenters. The standard InChI is InChI=1S/C14H18N4O2/c1-4-10-11(5-2)17-18-14(16-10)20-13-8-9(15)6-7-12(13)19-3/h6-8H,4-5,15H2,1-3H3. The predicted octanol–water partition coefficient (Wildman–Crippen LogP) is 2.38. The van der Waals surface area contributed by atoms with E-state index in [2.05, 4.69) is 15.2 Å². The van der Waals surface area contributed by atoms with Gasteiger partial charge in [0.05, 0.1) is 18.5 Å². The molecule has 20 heavy (non-hydrogen) atoms. The summed E-state index contributed by atoms with van der Waals surface area (Å²) in [6.45, 7) is 4.04. The summed E-state index contributed by atoms with van der Waals surface area (Å²) in [5, 5.41) is 8.11. The van der Waals surface area contributed by atoms with Crippen LogP contribution in [0.3, 0.4) is 0 Å². The fraction of sp³-hybridized carbons (Fsp3) is 0.357. The maximum absolute atomic E-state index is 5.75. The van der Waals surface area contributed by atoms with Gasteiger partial charge in [0.2, 0.25) is 0 Å². The van der Waals surface area contributed by atoms with Crippen LogP contribution in [0.1, 0.15) is 25.2 Å². The van der Waals surface area contributed by atoms with Crippen LogP contribution < -0.4 is 15.2 Å². The normalized spacial score (nSPS) is 10.3. The lowest BCUT2D eigenvalue weighted by atomic mass is 10.2. The summed E-state index contributed by atoms with van der Waals surface area (Å²) in [5.41, 5.74) is 8.10. The predicted molar refractivity (Wildman–Crippen MR) is 76.1 cm³/mol. The average Bonchev–Trinajstić information content (AvgIpc) is 2.47. The van der Waals surface area contributed by atoms with Crippen LogP contribution in [0, 0.1) is 0 Å². The Kier molecular flexibility index (Phi) is 4.34. The number of aryl methyl sites for hydroxylation is 2. The number of nitrogen functional groups attached to an aromatic ring is 1. The van der Waals surface area contributed by atoms with E-state index in [0.29, 0.717) is 17.2 Å². The van der Waals surface area contributed by atoms with Crippen molar-refractivity contribution in [1.82, 2.24) is 15.2 Å². The molecule has 0 saturated carbocycles. The zero-order valence-electron chi connectivity index (χ0n) is 11.9. The zero-order chi connectivity index (χ0) is 14.5. The molecule has 0 aliphatic rings. The number of ether oxygens (including phenoxy) is 2. The average molecular weight is 274 g/mol. The van der Waals surface area contributed by atoms with Crippen molar-refractivity contribution in [2.24, 2.45) is 0 Å². The van der Waals surface area contributed by atoms with Gasteiger partial charge in [0, 0.05) is 11.8 Å². The molecule has 0 amide bonds. The highest BCUT2D eigenvalue weighted by Gasteiger charge is 2.11. The molecule has 0 fully saturated rings. The van der Waals surface area contributed by atoms with Crippen LogP contribution in [0.5, 0.6) is 17.5 Å². The molecule has 0 saturated heterocycles. The van der Waals surface area contributed by atoms with Gasteiger partial charge in [0.25, 0.3) is 0 Å². The second-order valence-corrected chi connectivity index (χ2v) is 4.21. The van der Waals surface area contributed by atoms with Crippen LogP contribution in [0.25, 0.3) is 0 Å². The molecule has 0 aliphatic heterocycles. The van der Waals surface area contributed by atoms with Gasteiger partial charge in [-0.25, -0.2) is 0 Å². The van der Waals surface area contributed by atoms with Crippen LogP contribution in [-0.2, 0) is 12.8 Å². The quantitative estimate of drug-likeness (QED) is 0.843. The molecule has 2 N–H and O–H groups in total. The molecule has 0 spiro atoms. The molecule has 0 bridgehead atoms. The van der Waals surface area contributed by atoms with Gasteiger partial charge in [-0.05, 0) is 25.0 Å². The number of hydrogen-bond donors (Lipinski definition) is 1. The first-order valence-electron chi connectivity index (χ1n) is 6.51. The van der Waals surface area contributed by atoms with E-state index >= 15 is 0 Å². The molecule has 0 radical (unpaired) electrons. The lowest BCUT2D eigenvalue weighted by Crippen LogP contribution is -2.05. The topological polar surface area (TPSA) is 83.2 Å².